The maximum Gasteiger partial charge on any atom is 0.328 e. The van der Waals surface area contributed by atoms with Gasteiger partial charge in [-0.2, -0.15) is 0 Å². The maximum atomic E-state index is 13.1. The first-order valence-electron chi connectivity index (χ1n) is 12.8. The second kappa shape index (κ2) is 8.35. The van der Waals surface area contributed by atoms with Crippen molar-refractivity contribution in [3.8, 4) is 0 Å². The number of pyridine rings is 1. The number of fused-ring (bicyclic) bond motifs is 4. The fourth-order valence-corrected chi connectivity index (χ4v) is 5.74. The van der Waals surface area contributed by atoms with Crippen molar-refractivity contribution in [3.63, 3.8) is 0 Å². The Labute approximate surface area is 209 Å². The lowest BCUT2D eigenvalue weighted by atomic mass is 9.77. The number of carbonyl (C=O) groups is 1. The lowest BCUT2D eigenvalue weighted by Crippen LogP contribution is -2.52. The third-order valence-corrected chi connectivity index (χ3v) is 8.23. The standard InChI is InChI=1S/C26H31N7O3/c1-27-20-11-22-29-17-8-16(9-18(10-17)32-6-4-26(5-7-32)13-35-14-26)12-36-21-3-2-19(21)30-25(34)33-15-28-23(20)24(33)31-22/h8-11,15,19,21H,2-7,12-14H2,1H3,(H,30,34)(H2,27,29,31)/t19-,21-/m1/s1. The van der Waals surface area contributed by atoms with Crippen LogP contribution in [0.5, 0.6) is 0 Å². The zero-order valence-corrected chi connectivity index (χ0v) is 20.4. The van der Waals surface area contributed by atoms with Crippen LogP contribution in [0.15, 0.2) is 30.6 Å². The molecule has 5 heterocycles. The Morgan fingerprint density at radius 2 is 2.00 bits per heavy atom. The van der Waals surface area contributed by atoms with Crippen LogP contribution in [0.4, 0.5) is 27.7 Å². The number of imidazole rings is 1. The minimum Gasteiger partial charge on any atom is -0.386 e. The number of nitrogens with one attached hydrogen (secondary N) is 3. The third kappa shape index (κ3) is 3.67. The van der Waals surface area contributed by atoms with E-state index in [1.165, 1.54) is 16.6 Å². The van der Waals surface area contributed by atoms with E-state index < -0.39 is 0 Å². The first kappa shape index (κ1) is 21.9. The molecule has 1 aliphatic carbocycles. The number of carbonyl (C=O) groups excluding carboxylic acids is 1. The zero-order valence-electron chi connectivity index (χ0n) is 20.4. The Morgan fingerprint density at radius 3 is 2.72 bits per heavy atom. The number of hydrogen-bond donors (Lipinski definition) is 3. The monoisotopic (exact) mass is 489 g/mol. The molecular formula is C26H31N7O3. The highest BCUT2D eigenvalue weighted by atomic mass is 16.5. The van der Waals surface area contributed by atoms with Gasteiger partial charge in [-0.05, 0) is 49.4 Å². The molecule has 1 saturated carbocycles. The second-order valence-corrected chi connectivity index (χ2v) is 10.6. The number of hydrogen-bond acceptors (Lipinski definition) is 8. The van der Waals surface area contributed by atoms with E-state index in [-0.39, 0.29) is 18.2 Å². The largest absolute Gasteiger partial charge is 0.386 e. The van der Waals surface area contributed by atoms with Crippen LogP contribution in [-0.2, 0) is 16.1 Å². The molecule has 1 spiro atoms. The molecule has 3 N–H and O–H groups in total. The molecule has 2 aromatic heterocycles. The van der Waals surface area contributed by atoms with E-state index in [2.05, 4.69) is 44.0 Å². The molecule has 0 radical (unpaired) electrons. The van der Waals surface area contributed by atoms with Gasteiger partial charge in [-0.3, -0.25) is 0 Å². The lowest BCUT2D eigenvalue weighted by molar-refractivity contribution is -0.124. The normalized spacial score (nSPS) is 24.8. The summed E-state index contributed by atoms with van der Waals surface area (Å²) in [7, 11) is 1.85. The van der Waals surface area contributed by atoms with Gasteiger partial charge >= 0.3 is 6.03 Å². The number of anilines is 4. The van der Waals surface area contributed by atoms with Crippen LogP contribution in [0.25, 0.3) is 11.2 Å². The first-order chi connectivity index (χ1) is 17.6. The molecule has 1 amide bonds. The summed E-state index contributed by atoms with van der Waals surface area (Å²) >= 11 is 0. The van der Waals surface area contributed by atoms with Crippen molar-refractivity contribution < 1.29 is 14.3 Å². The summed E-state index contributed by atoms with van der Waals surface area (Å²) in [6, 6.07) is 8.23. The predicted octanol–water partition coefficient (Wildman–Crippen LogP) is 3.45. The lowest BCUT2D eigenvalue weighted by Gasteiger charge is -2.48. The number of ether oxygens (including phenoxy) is 2. The summed E-state index contributed by atoms with van der Waals surface area (Å²) < 4.78 is 13.3. The molecular weight excluding hydrogens is 458 g/mol. The molecule has 7 rings (SSSR count). The van der Waals surface area contributed by atoms with Gasteiger partial charge in [0.25, 0.3) is 0 Å². The SMILES string of the molecule is CNc1cc2nc3c1ncn3C(=O)N[C@@H]1CC[C@H]1OCc1cc(cc(N3CCC4(CC3)COC4)c1)N2. The van der Waals surface area contributed by atoms with E-state index in [0.29, 0.717) is 29.0 Å². The Bertz CT molecular complexity index is 1320. The highest BCUT2D eigenvalue weighted by molar-refractivity contribution is 5.94. The first-order valence-corrected chi connectivity index (χ1v) is 12.8. The smallest absolute Gasteiger partial charge is 0.328 e. The van der Waals surface area contributed by atoms with Gasteiger partial charge in [-0.25, -0.2) is 19.3 Å². The fourth-order valence-electron chi connectivity index (χ4n) is 5.74. The topological polar surface area (TPSA) is 106 Å². The van der Waals surface area contributed by atoms with Crippen molar-refractivity contribution in [3.05, 3.63) is 36.2 Å². The van der Waals surface area contributed by atoms with Crippen LogP contribution in [0.2, 0.25) is 0 Å². The summed E-state index contributed by atoms with van der Waals surface area (Å²) in [5.41, 5.74) is 5.62. The molecule has 10 heteroatoms. The third-order valence-electron chi connectivity index (χ3n) is 8.23. The Kier molecular flexibility index (Phi) is 5.07. The molecule has 1 aromatic carbocycles. The van der Waals surface area contributed by atoms with Crippen molar-refractivity contribution in [2.45, 2.75) is 44.4 Å². The van der Waals surface area contributed by atoms with Crippen LogP contribution in [0.1, 0.15) is 31.2 Å². The van der Waals surface area contributed by atoms with E-state index in [4.69, 9.17) is 14.5 Å². The van der Waals surface area contributed by atoms with Gasteiger partial charge in [-0.1, -0.05) is 0 Å². The summed E-state index contributed by atoms with van der Waals surface area (Å²) in [6.07, 6.45) is 5.68. The highest BCUT2D eigenvalue weighted by Crippen LogP contribution is 2.40. The summed E-state index contributed by atoms with van der Waals surface area (Å²) in [6.45, 7) is 4.35. The Hall–Kier alpha value is -3.37. The van der Waals surface area contributed by atoms with Crippen molar-refractivity contribution in [2.24, 2.45) is 5.41 Å². The number of rotatable bonds is 2. The highest BCUT2D eigenvalue weighted by Gasteiger charge is 2.41. The molecule has 2 atom stereocenters. The number of piperidine rings is 1. The average Bonchev–Trinajstić information content (AvgIpc) is 3.29. The number of amides is 1. The Balaban J connectivity index is 1.27. The molecule has 10 nitrogen and oxygen atoms in total. The van der Waals surface area contributed by atoms with E-state index in [1.54, 1.807) is 0 Å². The van der Waals surface area contributed by atoms with Crippen LogP contribution in [0, 0.1) is 5.41 Å². The minimum atomic E-state index is -0.236. The van der Waals surface area contributed by atoms with Crippen molar-refractivity contribution in [1.29, 1.82) is 0 Å². The van der Waals surface area contributed by atoms with Crippen LogP contribution in [-0.4, -0.2) is 66.1 Å². The van der Waals surface area contributed by atoms with Crippen LogP contribution in [0.3, 0.4) is 0 Å². The van der Waals surface area contributed by atoms with Crippen LogP contribution >= 0.6 is 0 Å². The van der Waals surface area contributed by atoms with Crippen molar-refractivity contribution in [1.82, 2.24) is 19.9 Å². The number of benzene rings is 1. The average molecular weight is 490 g/mol. The predicted molar refractivity (Wildman–Crippen MR) is 137 cm³/mol. The van der Waals surface area contributed by atoms with Gasteiger partial charge in [0.05, 0.1) is 37.7 Å². The quantitative estimate of drug-likeness (QED) is 0.503. The van der Waals surface area contributed by atoms with E-state index in [9.17, 15) is 4.79 Å². The molecule has 0 unspecified atom stereocenters. The van der Waals surface area contributed by atoms with Gasteiger partial charge < -0.3 is 30.3 Å². The fraction of sp³-hybridized carbons (Fsp3) is 0.500. The number of nitrogens with zero attached hydrogens (tertiary/aromatic N) is 4. The second-order valence-electron chi connectivity index (χ2n) is 10.6. The number of aromatic nitrogens is 3. The molecule has 3 fully saturated rings. The zero-order chi connectivity index (χ0) is 24.3. The van der Waals surface area contributed by atoms with Gasteiger partial charge in [0.2, 0.25) is 0 Å². The summed E-state index contributed by atoms with van der Waals surface area (Å²) in [5, 5.41) is 9.80. The van der Waals surface area contributed by atoms with Gasteiger partial charge in [0.15, 0.2) is 5.65 Å². The molecule has 36 heavy (non-hydrogen) atoms. The molecule has 4 bridgehead atoms. The van der Waals surface area contributed by atoms with Gasteiger partial charge in [0, 0.05) is 43.0 Å². The van der Waals surface area contributed by atoms with E-state index >= 15 is 0 Å². The molecule has 4 aliphatic rings. The van der Waals surface area contributed by atoms with Crippen molar-refractivity contribution in [2.75, 3.05) is 48.9 Å². The molecule has 3 aromatic rings. The maximum absolute atomic E-state index is 13.1. The molecule has 2 saturated heterocycles. The van der Waals surface area contributed by atoms with Gasteiger partial charge in [0.1, 0.15) is 17.7 Å². The van der Waals surface area contributed by atoms with Crippen LogP contribution < -0.4 is 20.9 Å². The van der Waals surface area contributed by atoms with E-state index in [1.807, 2.05) is 13.1 Å². The van der Waals surface area contributed by atoms with E-state index in [0.717, 1.165) is 68.9 Å². The van der Waals surface area contributed by atoms with Gasteiger partial charge in [-0.15, -0.1) is 0 Å². The minimum absolute atomic E-state index is 0.00316. The molecule has 3 aliphatic heterocycles. The molecule has 188 valence electrons. The summed E-state index contributed by atoms with van der Waals surface area (Å²) in [5.74, 6) is 0.646. The summed E-state index contributed by atoms with van der Waals surface area (Å²) in [4.78, 5) is 24.8. The van der Waals surface area contributed by atoms with Crippen molar-refractivity contribution >= 4 is 40.1 Å². The Morgan fingerprint density at radius 1 is 1.14 bits per heavy atom.